The Labute approximate surface area is 107 Å². The lowest BCUT2D eigenvalue weighted by atomic mass is 10.2. The first-order valence-electron chi connectivity index (χ1n) is 5.00. The number of anilines is 2. The highest BCUT2D eigenvalue weighted by Gasteiger charge is 2.25. The van der Waals surface area contributed by atoms with E-state index in [1.807, 2.05) is 42.5 Å². The van der Waals surface area contributed by atoms with Crippen molar-refractivity contribution in [3.8, 4) is 0 Å². The Morgan fingerprint density at radius 3 is 2.65 bits per heavy atom. The van der Waals surface area contributed by atoms with Gasteiger partial charge >= 0.3 is 0 Å². The van der Waals surface area contributed by atoms with Gasteiger partial charge in [0.1, 0.15) is 0 Å². The summed E-state index contributed by atoms with van der Waals surface area (Å²) < 4.78 is 0. The van der Waals surface area contributed by atoms with E-state index >= 15 is 0 Å². The molecular weight excluding hydrogens is 256 g/mol. The lowest BCUT2D eigenvalue weighted by Crippen LogP contribution is -2.12. The number of rotatable bonds is 1. The summed E-state index contributed by atoms with van der Waals surface area (Å²) in [5.74, 6) is 0. The van der Waals surface area contributed by atoms with Crippen LogP contribution in [0, 0.1) is 4.91 Å². The average Bonchev–Trinajstić information content (AvgIpc) is 2.37. The zero-order chi connectivity index (χ0) is 11.8. The predicted octanol–water partition coefficient (Wildman–Crippen LogP) is 4.62. The van der Waals surface area contributed by atoms with E-state index in [1.54, 1.807) is 11.8 Å². The lowest BCUT2D eigenvalue weighted by molar-refractivity contribution is 1.01. The zero-order valence-electron chi connectivity index (χ0n) is 8.63. The predicted molar refractivity (Wildman–Crippen MR) is 70.0 cm³/mol. The van der Waals surface area contributed by atoms with Gasteiger partial charge in [0.15, 0.2) is 0 Å². The van der Waals surface area contributed by atoms with Crippen LogP contribution in [0.3, 0.4) is 0 Å². The number of hydrogen-bond acceptors (Lipinski definition) is 3. The molecule has 84 valence electrons. The molecule has 0 saturated heterocycles. The fourth-order valence-electron chi connectivity index (χ4n) is 1.81. The van der Waals surface area contributed by atoms with Gasteiger partial charge in [-0.2, -0.15) is 5.01 Å². The van der Waals surface area contributed by atoms with Gasteiger partial charge in [0.2, 0.25) is 0 Å². The molecule has 0 fully saturated rings. The van der Waals surface area contributed by atoms with Crippen LogP contribution in [0.5, 0.6) is 0 Å². The molecular formula is C12H7ClN2OS. The van der Waals surface area contributed by atoms with Gasteiger partial charge in [-0.3, -0.25) is 0 Å². The molecule has 0 amide bonds. The third-order valence-electron chi connectivity index (χ3n) is 2.56. The molecule has 0 saturated carbocycles. The zero-order valence-corrected chi connectivity index (χ0v) is 10.2. The molecule has 2 aromatic rings. The average molecular weight is 263 g/mol. The second-order valence-electron chi connectivity index (χ2n) is 3.55. The molecule has 0 atom stereocenters. The first-order chi connectivity index (χ1) is 8.31. The van der Waals surface area contributed by atoms with E-state index < -0.39 is 0 Å². The number of halogens is 1. The fraction of sp³-hybridized carbons (Fsp3) is 0. The van der Waals surface area contributed by atoms with Crippen molar-refractivity contribution in [2.45, 2.75) is 9.79 Å². The molecule has 0 N–H and O–H groups in total. The van der Waals surface area contributed by atoms with Crippen molar-refractivity contribution in [3.05, 3.63) is 52.4 Å². The van der Waals surface area contributed by atoms with Crippen molar-refractivity contribution in [2.24, 2.45) is 5.29 Å². The summed E-state index contributed by atoms with van der Waals surface area (Å²) in [4.78, 5) is 12.9. The molecule has 3 rings (SSSR count). The van der Waals surface area contributed by atoms with Crippen LogP contribution in [0.2, 0.25) is 5.02 Å². The molecule has 17 heavy (non-hydrogen) atoms. The van der Waals surface area contributed by atoms with E-state index in [9.17, 15) is 4.91 Å². The van der Waals surface area contributed by atoms with Crippen molar-refractivity contribution in [2.75, 3.05) is 5.01 Å². The summed E-state index contributed by atoms with van der Waals surface area (Å²) in [5, 5.41) is 5.10. The SMILES string of the molecule is O=NN1c2ccccc2Sc2c(Cl)cccc21. The van der Waals surface area contributed by atoms with Gasteiger partial charge in [0, 0.05) is 4.90 Å². The molecule has 5 heteroatoms. The van der Waals surface area contributed by atoms with Crippen LogP contribution in [0.25, 0.3) is 0 Å². The maximum atomic E-state index is 11.0. The molecule has 3 nitrogen and oxygen atoms in total. The molecule has 2 aromatic carbocycles. The molecule has 1 heterocycles. The van der Waals surface area contributed by atoms with Crippen LogP contribution < -0.4 is 5.01 Å². The minimum atomic E-state index is 0.635. The van der Waals surface area contributed by atoms with E-state index in [4.69, 9.17) is 11.6 Å². The third kappa shape index (κ3) is 1.61. The molecule has 0 bridgehead atoms. The van der Waals surface area contributed by atoms with Crippen molar-refractivity contribution in [1.82, 2.24) is 0 Å². The van der Waals surface area contributed by atoms with Crippen LogP contribution in [-0.4, -0.2) is 0 Å². The van der Waals surface area contributed by atoms with Crippen molar-refractivity contribution in [3.63, 3.8) is 0 Å². The fourth-order valence-corrected chi connectivity index (χ4v) is 3.15. The molecule has 0 aliphatic carbocycles. The van der Waals surface area contributed by atoms with Crippen molar-refractivity contribution < 1.29 is 0 Å². The topological polar surface area (TPSA) is 32.7 Å². The molecule has 0 radical (unpaired) electrons. The Balaban J connectivity index is 2.25. The Morgan fingerprint density at radius 1 is 1.06 bits per heavy atom. The molecule has 1 aliphatic rings. The van der Waals surface area contributed by atoms with Crippen LogP contribution >= 0.6 is 23.4 Å². The monoisotopic (exact) mass is 262 g/mol. The highest BCUT2D eigenvalue weighted by Crippen LogP contribution is 2.50. The largest absolute Gasteiger partial charge is 0.195 e. The summed E-state index contributed by atoms with van der Waals surface area (Å²) in [6.45, 7) is 0. The number of para-hydroxylation sites is 1. The van der Waals surface area contributed by atoms with Crippen LogP contribution in [0.1, 0.15) is 0 Å². The Morgan fingerprint density at radius 2 is 1.82 bits per heavy atom. The first-order valence-corrected chi connectivity index (χ1v) is 6.19. The maximum Gasteiger partial charge on any atom is 0.0840 e. The molecule has 0 aromatic heterocycles. The molecule has 0 spiro atoms. The lowest BCUT2D eigenvalue weighted by Gasteiger charge is -2.26. The van der Waals surface area contributed by atoms with Gasteiger partial charge < -0.3 is 0 Å². The van der Waals surface area contributed by atoms with E-state index in [0.717, 1.165) is 21.2 Å². The Kier molecular flexibility index (Phi) is 2.53. The summed E-state index contributed by atoms with van der Waals surface area (Å²) in [6.07, 6.45) is 0. The number of nitroso groups, excluding NO2 is 1. The first kappa shape index (κ1) is 10.6. The molecule has 0 unspecified atom stereocenters. The van der Waals surface area contributed by atoms with E-state index in [-0.39, 0.29) is 0 Å². The summed E-state index contributed by atoms with van der Waals surface area (Å²) in [5.41, 5.74) is 1.53. The number of benzene rings is 2. The quantitative estimate of drug-likeness (QED) is 0.703. The van der Waals surface area contributed by atoms with Crippen LogP contribution in [0.4, 0.5) is 11.4 Å². The number of hydrogen-bond donors (Lipinski definition) is 0. The Bertz CT molecular complexity index is 603. The normalized spacial score (nSPS) is 12.9. The van der Waals surface area contributed by atoms with Crippen molar-refractivity contribution in [1.29, 1.82) is 0 Å². The number of nitrogens with zero attached hydrogens (tertiary/aromatic N) is 2. The minimum absolute atomic E-state index is 0.635. The third-order valence-corrected chi connectivity index (χ3v) is 4.19. The highest BCUT2D eigenvalue weighted by molar-refractivity contribution is 7.99. The van der Waals surface area contributed by atoms with E-state index in [2.05, 4.69) is 5.29 Å². The summed E-state index contributed by atoms with van der Waals surface area (Å²) in [6, 6.07) is 13.1. The van der Waals surface area contributed by atoms with Gasteiger partial charge in [0.05, 0.1) is 26.6 Å². The van der Waals surface area contributed by atoms with Crippen molar-refractivity contribution >= 4 is 34.7 Å². The van der Waals surface area contributed by atoms with Gasteiger partial charge in [0.25, 0.3) is 0 Å². The van der Waals surface area contributed by atoms with Gasteiger partial charge in [-0.05, 0) is 24.3 Å². The standard InChI is InChI=1S/C12H7ClN2OS/c13-8-4-3-6-10-12(8)17-11-7-2-1-5-9(11)15(10)14-16/h1-7H. The summed E-state index contributed by atoms with van der Waals surface area (Å²) in [7, 11) is 0. The van der Waals surface area contributed by atoms with Crippen LogP contribution in [-0.2, 0) is 0 Å². The van der Waals surface area contributed by atoms with Gasteiger partial charge in [-0.25, -0.2) is 0 Å². The van der Waals surface area contributed by atoms with E-state index in [1.165, 1.54) is 5.01 Å². The second-order valence-corrected chi connectivity index (χ2v) is 5.01. The molecule has 1 aliphatic heterocycles. The van der Waals surface area contributed by atoms with E-state index in [0.29, 0.717) is 5.02 Å². The maximum absolute atomic E-state index is 11.0. The highest BCUT2D eigenvalue weighted by atomic mass is 35.5. The Hall–Kier alpha value is -1.52. The smallest absolute Gasteiger partial charge is 0.0840 e. The summed E-state index contributed by atoms with van der Waals surface area (Å²) >= 11 is 7.70. The minimum Gasteiger partial charge on any atom is -0.195 e. The van der Waals surface area contributed by atoms with Gasteiger partial charge in [-0.15, -0.1) is 4.91 Å². The second kappa shape index (κ2) is 4.05. The number of fused-ring (bicyclic) bond motifs is 2. The van der Waals surface area contributed by atoms with Gasteiger partial charge in [-0.1, -0.05) is 41.6 Å². The van der Waals surface area contributed by atoms with Crippen LogP contribution in [0.15, 0.2) is 57.5 Å².